The van der Waals surface area contributed by atoms with Gasteiger partial charge in [0.1, 0.15) is 15.7 Å². The lowest BCUT2D eigenvalue weighted by molar-refractivity contribution is 1.14. The third-order valence-electron chi connectivity index (χ3n) is 2.59. The summed E-state index contributed by atoms with van der Waals surface area (Å²) in [7, 11) is 0. The predicted octanol–water partition coefficient (Wildman–Crippen LogP) is 4.02. The van der Waals surface area contributed by atoms with Gasteiger partial charge in [0, 0.05) is 16.0 Å². The van der Waals surface area contributed by atoms with Crippen molar-refractivity contribution in [3.63, 3.8) is 0 Å². The molecular weight excluding hydrogens is 266 g/mol. The second kappa shape index (κ2) is 4.30. The molecule has 0 spiro atoms. The molecule has 0 N–H and O–H groups in total. The molecule has 0 amide bonds. The lowest BCUT2D eigenvalue weighted by atomic mass is 10.3. The summed E-state index contributed by atoms with van der Waals surface area (Å²) in [6.07, 6.45) is 0. The zero-order chi connectivity index (χ0) is 12.7. The molecule has 0 saturated carbocycles. The zero-order valence-electron chi connectivity index (χ0n) is 9.94. The minimum Gasteiger partial charge on any atom is -0.250 e. The van der Waals surface area contributed by atoms with E-state index in [0.717, 1.165) is 21.6 Å². The number of aryl methyl sites for hydroxylation is 2. The fourth-order valence-electron chi connectivity index (χ4n) is 1.79. The Bertz CT molecular complexity index is 736. The first-order chi connectivity index (χ1) is 8.63. The normalized spacial score (nSPS) is 11.1. The second-order valence-electron chi connectivity index (χ2n) is 4.08. The molecule has 3 nitrogen and oxygen atoms in total. The summed E-state index contributed by atoms with van der Waals surface area (Å²) in [6, 6.07) is 7.79. The van der Waals surface area contributed by atoms with Crippen LogP contribution in [0.15, 0.2) is 24.3 Å². The summed E-state index contributed by atoms with van der Waals surface area (Å²) in [5.74, 6) is 0.582. The number of aromatic nitrogens is 3. The average Bonchev–Trinajstić information content (AvgIpc) is 2.70. The lowest BCUT2D eigenvalue weighted by Gasteiger charge is -2.01. The molecular formula is C13H10ClN3S. The fourth-order valence-corrected chi connectivity index (χ4v) is 2.95. The Morgan fingerprint density at radius 3 is 2.72 bits per heavy atom. The molecule has 0 radical (unpaired) electrons. The van der Waals surface area contributed by atoms with Crippen molar-refractivity contribution in [1.29, 1.82) is 0 Å². The molecule has 0 saturated heterocycles. The first-order valence-corrected chi connectivity index (χ1v) is 6.70. The standard InChI is InChI=1S/C13H10ClN3S/c1-7-4-3-5-10(15-7)12-16-11(14)9-6-8(2)18-13(9)17-12/h3-6H,1-2H3. The van der Waals surface area contributed by atoms with Gasteiger partial charge in [0.25, 0.3) is 0 Å². The lowest BCUT2D eigenvalue weighted by Crippen LogP contribution is -1.93. The van der Waals surface area contributed by atoms with E-state index in [1.807, 2.05) is 38.1 Å². The maximum atomic E-state index is 6.19. The number of pyridine rings is 1. The monoisotopic (exact) mass is 275 g/mol. The van der Waals surface area contributed by atoms with Crippen LogP contribution in [0.5, 0.6) is 0 Å². The minimum atomic E-state index is 0.489. The molecule has 18 heavy (non-hydrogen) atoms. The Labute approximate surface area is 114 Å². The summed E-state index contributed by atoms with van der Waals surface area (Å²) in [4.78, 5) is 15.4. The van der Waals surface area contributed by atoms with Gasteiger partial charge in [0.15, 0.2) is 5.82 Å². The van der Waals surface area contributed by atoms with Crippen LogP contribution in [0.25, 0.3) is 21.7 Å². The first kappa shape index (κ1) is 11.6. The number of fused-ring (bicyclic) bond motifs is 1. The molecule has 0 bridgehead atoms. The van der Waals surface area contributed by atoms with Crippen molar-refractivity contribution in [3.05, 3.63) is 40.0 Å². The second-order valence-corrected chi connectivity index (χ2v) is 5.67. The molecule has 0 atom stereocenters. The van der Waals surface area contributed by atoms with E-state index in [2.05, 4.69) is 15.0 Å². The molecule has 0 fully saturated rings. The Balaban J connectivity index is 2.24. The van der Waals surface area contributed by atoms with Gasteiger partial charge in [-0.15, -0.1) is 11.3 Å². The molecule has 0 aliphatic heterocycles. The van der Waals surface area contributed by atoms with E-state index in [0.29, 0.717) is 11.0 Å². The smallest absolute Gasteiger partial charge is 0.180 e. The van der Waals surface area contributed by atoms with Gasteiger partial charge in [-0.1, -0.05) is 17.7 Å². The van der Waals surface area contributed by atoms with Crippen LogP contribution >= 0.6 is 22.9 Å². The minimum absolute atomic E-state index is 0.489. The van der Waals surface area contributed by atoms with Gasteiger partial charge in [-0.3, -0.25) is 0 Å². The molecule has 3 aromatic rings. The van der Waals surface area contributed by atoms with Crippen molar-refractivity contribution >= 4 is 33.2 Å². The van der Waals surface area contributed by atoms with Crippen LogP contribution in [0.2, 0.25) is 5.15 Å². The van der Waals surface area contributed by atoms with E-state index in [4.69, 9.17) is 11.6 Å². The van der Waals surface area contributed by atoms with Crippen molar-refractivity contribution < 1.29 is 0 Å². The number of halogens is 1. The molecule has 0 aromatic carbocycles. The molecule has 0 aliphatic rings. The largest absolute Gasteiger partial charge is 0.250 e. The summed E-state index contributed by atoms with van der Waals surface area (Å²) in [5, 5.41) is 1.40. The van der Waals surface area contributed by atoms with Crippen molar-refractivity contribution in [3.8, 4) is 11.5 Å². The highest BCUT2D eigenvalue weighted by molar-refractivity contribution is 7.18. The number of hydrogen-bond donors (Lipinski definition) is 0. The molecule has 0 aliphatic carbocycles. The Morgan fingerprint density at radius 2 is 1.94 bits per heavy atom. The Hall–Kier alpha value is -1.52. The van der Waals surface area contributed by atoms with Crippen molar-refractivity contribution in [2.45, 2.75) is 13.8 Å². The van der Waals surface area contributed by atoms with E-state index >= 15 is 0 Å². The van der Waals surface area contributed by atoms with E-state index in [-0.39, 0.29) is 0 Å². The number of hydrogen-bond acceptors (Lipinski definition) is 4. The van der Waals surface area contributed by atoms with Gasteiger partial charge < -0.3 is 0 Å². The fraction of sp³-hybridized carbons (Fsp3) is 0.154. The SMILES string of the molecule is Cc1cccc(-c2nc(Cl)c3cc(C)sc3n2)n1. The molecule has 90 valence electrons. The number of nitrogens with zero attached hydrogens (tertiary/aromatic N) is 3. The van der Waals surface area contributed by atoms with Crippen molar-refractivity contribution in [1.82, 2.24) is 15.0 Å². The molecule has 3 aromatic heterocycles. The Kier molecular flexibility index (Phi) is 2.76. The maximum Gasteiger partial charge on any atom is 0.180 e. The van der Waals surface area contributed by atoms with Gasteiger partial charge in [-0.25, -0.2) is 15.0 Å². The van der Waals surface area contributed by atoms with Crippen LogP contribution < -0.4 is 0 Å². The van der Waals surface area contributed by atoms with E-state index in [1.165, 1.54) is 4.88 Å². The van der Waals surface area contributed by atoms with Gasteiger partial charge in [-0.2, -0.15) is 0 Å². The topological polar surface area (TPSA) is 38.7 Å². The average molecular weight is 276 g/mol. The van der Waals surface area contributed by atoms with Crippen LogP contribution in [-0.4, -0.2) is 15.0 Å². The van der Waals surface area contributed by atoms with Crippen LogP contribution in [0, 0.1) is 13.8 Å². The molecule has 3 heterocycles. The van der Waals surface area contributed by atoms with Crippen molar-refractivity contribution in [2.24, 2.45) is 0 Å². The van der Waals surface area contributed by atoms with E-state index in [1.54, 1.807) is 11.3 Å². The van der Waals surface area contributed by atoms with Crippen LogP contribution in [0.4, 0.5) is 0 Å². The summed E-state index contributed by atoms with van der Waals surface area (Å²) in [5.41, 5.74) is 1.69. The molecule has 0 unspecified atom stereocenters. The zero-order valence-corrected chi connectivity index (χ0v) is 11.5. The van der Waals surface area contributed by atoms with Crippen LogP contribution in [-0.2, 0) is 0 Å². The van der Waals surface area contributed by atoms with Gasteiger partial charge in [-0.05, 0) is 32.0 Å². The highest BCUT2D eigenvalue weighted by atomic mass is 35.5. The molecule has 3 rings (SSSR count). The van der Waals surface area contributed by atoms with E-state index < -0.39 is 0 Å². The van der Waals surface area contributed by atoms with E-state index in [9.17, 15) is 0 Å². The highest BCUT2D eigenvalue weighted by Crippen LogP contribution is 2.30. The quantitative estimate of drug-likeness (QED) is 0.630. The third-order valence-corrected chi connectivity index (χ3v) is 3.82. The van der Waals surface area contributed by atoms with Gasteiger partial charge in [0.2, 0.25) is 0 Å². The summed E-state index contributed by atoms with van der Waals surface area (Å²) >= 11 is 7.81. The van der Waals surface area contributed by atoms with Gasteiger partial charge in [0.05, 0.1) is 0 Å². The van der Waals surface area contributed by atoms with Crippen LogP contribution in [0.3, 0.4) is 0 Å². The summed E-state index contributed by atoms with van der Waals surface area (Å²) < 4.78 is 0. The summed E-state index contributed by atoms with van der Waals surface area (Å²) in [6.45, 7) is 3.98. The van der Waals surface area contributed by atoms with Crippen LogP contribution in [0.1, 0.15) is 10.6 Å². The number of rotatable bonds is 1. The maximum absolute atomic E-state index is 6.19. The Morgan fingerprint density at radius 1 is 1.11 bits per heavy atom. The third kappa shape index (κ3) is 1.98. The number of thiophene rings is 1. The van der Waals surface area contributed by atoms with Gasteiger partial charge >= 0.3 is 0 Å². The highest BCUT2D eigenvalue weighted by Gasteiger charge is 2.11. The predicted molar refractivity (Wildman–Crippen MR) is 75.1 cm³/mol. The first-order valence-electron chi connectivity index (χ1n) is 5.51. The van der Waals surface area contributed by atoms with Crippen molar-refractivity contribution in [2.75, 3.05) is 0 Å². The molecule has 5 heteroatoms.